The van der Waals surface area contributed by atoms with Crippen molar-refractivity contribution in [3.63, 3.8) is 0 Å². The van der Waals surface area contributed by atoms with Gasteiger partial charge in [-0.25, -0.2) is 0 Å². The Hall–Kier alpha value is -2.12. The van der Waals surface area contributed by atoms with Gasteiger partial charge in [0.05, 0.1) is 0 Å². The number of aryl methyl sites for hydroxylation is 2. The molecule has 0 fully saturated rings. The summed E-state index contributed by atoms with van der Waals surface area (Å²) in [6, 6.07) is 28.3. The molecule has 0 saturated carbocycles. The van der Waals surface area contributed by atoms with E-state index in [9.17, 15) is 0 Å². The van der Waals surface area contributed by atoms with Crippen molar-refractivity contribution in [2.75, 3.05) is 6.61 Å². The molecule has 0 spiro atoms. The van der Waals surface area contributed by atoms with Crippen molar-refractivity contribution in [3.05, 3.63) is 112 Å². The average Bonchev–Trinajstić information content (AvgIpc) is 3.08. The van der Waals surface area contributed by atoms with Crippen LogP contribution in [0.5, 0.6) is 0 Å². The van der Waals surface area contributed by atoms with Crippen LogP contribution in [-0.2, 0) is 10.3 Å². The second kappa shape index (κ2) is 7.25. The quantitative estimate of drug-likeness (QED) is 0.581. The van der Waals surface area contributed by atoms with E-state index in [-0.39, 0.29) is 15.0 Å². The zero-order valence-electron chi connectivity index (χ0n) is 15.1. The first-order valence-corrected chi connectivity index (χ1v) is 10.6. The van der Waals surface area contributed by atoms with Crippen LogP contribution in [0.15, 0.2) is 89.4 Å². The minimum absolute atomic E-state index is 0.216. The summed E-state index contributed by atoms with van der Waals surface area (Å²) in [4.78, 5) is 0. The second-order valence-corrected chi connectivity index (χ2v) is 9.05. The van der Waals surface area contributed by atoms with E-state index in [2.05, 4.69) is 98.8 Å². The van der Waals surface area contributed by atoms with Gasteiger partial charge in [-0.1, -0.05) is 0 Å². The van der Waals surface area contributed by atoms with Crippen molar-refractivity contribution in [3.8, 4) is 0 Å². The Morgan fingerprint density at radius 3 is 1.81 bits per heavy atom. The Morgan fingerprint density at radius 2 is 1.27 bits per heavy atom. The maximum absolute atomic E-state index is 6.50. The summed E-state index contributed by atoms with van der Waals surface area (Å²) in [5, 5.41) is 0. The van der Waals surface area contributed by atoms with Crippen molar-refractivity contribution in [1.29, 1.82) is 0 Å². The molecule has 130 valence electrons. The van der Waals surface area contributed by atoms with Crippen LogP contribution in [0.4, 0.5) is 0 Å². The van der Waals surface area contributed by atoms with Gasteiger partial charge in [0.2, 0.25) is 0 Å². The molecule has 0 saturated heterocycles. The summed E-state index contributed by atoms with van der Waals surface area (Å²) in [6.45, 7) is 4.91. The van der Waals surface area contributed by atoms with Gasteiger partial charge in [-0.2, -0.15) is 0 Å². The van der Waals surface area contributed by atoms with Gasteiger partial charge in [0.25, 0.3) is 0 Å². The molecule has 1 nitrogen and oxygen atoms in total. The van der Waals surface area contributed by atoms with Gasteiger partial charge >= 0.3 is 162 Å². The molecule has 0 bridgehead atoms. The molecule has 1 heterocycles. The number of hydrogen-bond donors (Lipinski definition) is 0. The topological polar surface area (TPSA) is 9.23 Å². The van der Waals surface area contributed by atoms with Crippen LogP contribution in [0.25, 0.3) is 0 Å². The molecular weight excluding hydrogens is 383 g/mol. The zero-order chi connectivity index (χ0) is 18.0. The van der Waals surface area contributed by atoms with Gasteiger partial charge in [0.15, 0.2) is 0 Å². The van der Waals surface area contributed by atoms with E-state index >= 15 is 0 Å². The molecule has 0 aromatic heterocycles. The number of hydrogen-bond acceptors (Lipinski definition) is 1. The van der Waals surface area contributed by atoms with Crippen LogP contribution >= 0.6 is 0 Å². The monoisotopic (exact) mass is 406 g/mol. The summed E-state index contributed by atoms with van der Waals surface area (Å²) in [6.07, 6.45) is 2.28. The fourth-order valence-corrected chi connectivity index (χ4v) is 5.77. The molecule has 0 N–H and O–H groups in total. The van der Waals surface area contributed by atoms with Crippen molar-refractivity contribution >= 4 is 19.4 Å². The third-order valence-corrected chi connectivity index (χ3v) is 7.28. The third kappa shape index (κ3) is 3.17. The molecule has 0 radical (unpaired) electrons. The molecule has 1 aliphatic heterocycles. The van der Waals surface area contributed by atoms with Crippen LogP contribution < -0.4 is 4.46 Å². The Morgan fingerprint density at radius 1 is 0.731 bits per heavy atom. The second-order valence-electron chi connectivity index (χ2n) is 6.71. The van der Waals surface area contributed by atoms with Crippen LogP contribution in [0.3, 0.4) is 0 Å². The van der Waals surface area contributed by atoms with Crippen molar-refractivity contribution in [1.82, 2.24) is 0 Å². The first kappa shape index (κ1) is 17.3. The number of benzene rings is 3. The van der Waals surface area contributed by atoms with E-state index in [1.54, 1.807) is 0 Å². The van der Waals surface area contributed by atoms with Gasteiger partial charge in [-0.15, -0.1) is 0 Å². The SMILES string of the molecule is Cc1ccc(C2(c3ccc(C)cc3)OCC=C2[Se]c2ccccc2)cc1. The molecule has 4 rings (SSSR count). The number of ether oxygens (including phenoxy) is 1. The minimum atomic E-state index is -0.475. The molecule has 0 aliphatic carbocycles. The zero-order valence-corrected chi connectivity index (χ0v) is 16.8. The van der Waals surface area contributed by atoms with E-state index in [0.29, 0.717) is 6.61 Å². The number of rotatable bonds is 4. The summed E-state index contributed by atoms with van der Waals surface area (Å²) in [7, 11) is 0. The van der Waals surface area contributed by atoms with E-state index in [1.165, 1.54) is 31.2 Å². The van der Waals surface area contributed by atoms with E-state index in [1.807, 2.05) is 0 Å². The third-order valence-electron chi connectivity index (χ3n) is 4.80. The van der Waals surface area contributed by atoms with Crippen molar-refractivity contribution < 1.29 is 4.74 Å². The van der Waals surface area contributed by atoms with Crippen LogP contribution in [-0.4, -0.2) is 21.6 Å². The Bertz CT molecular complexity index is 863. The summed E-state index contributed by atoms with van der Waals surface area (Å²) >= 11 is 0.216. The first-order valence-electron chi connectivity index (χ1n) is 8.90. The standard InChI is InChI=1S/C24H22OSe/c1-18-8-12-20(13-9-18)24(21-14-10-19(2)11-15-21)23(16-17-25-24)26-22-6-4-3-5-7-22/h3-16H,17H2,1-2H3. The molecule has 0 atom stereocenters. The Kier molecular flexibility index (Phi) is 4.82. The Labute approximate surface area is 161 Å². The van der Waals surface area contributed by atoms with Gasteiger partial charge < -0.3 is 0 Å². The van der Waals surface area contributed by atoms with E-state index < -0.39 is 5.60 Å². The van der Waals surface area contributed by atoms with E-state index in [0.717, 1.165) is 0 Å². The predicted octanol–water partition coefficient (Wildman–Crippen LogP) is 4.49. The molecule has 3 aromatic rings. The average molecular weight is 405 g/mol. The van der Waals surface area contributed by atoms with Gasteiger partial charge in [0.1, 0.15) is 0 Å². The fraction of sp³-hybridized carbons (Fsp3) is 0.167. The molecular formula is C24H22OSe. The molecule has 26 heavy (non-hydrogen) atoms. The molecule has 2 heteroatoms. The molecule has 0 amide bonds. The van der Waals surface area contributed by atoms with Gasteiger partial charge in [0, 0.05) is 0 Å². The molecule has 3 aromatic carbocycles. The first-order chi connectivity index (χ1) is 12.7. The summed E-state index contributed by atoms with van der Waals surface area (Å²) in [5.74, 6) is 0. The maximum atomic E-state index is 6.50. The molecule has 0 unspecified atom stereocenters. The normalized spacial score (nSPS) is 15.7. The van der Waals surface area contributed by atoms with Gasteiger partial charge in [-0.05, 0) is 0 Å². The fourth-order valence-electron chi connectivity index (χ4n) is 3.38. The van der Waals surface area contributed by atoms with Crippen LogP contribution in [0.2, 0.25) is 0 Å². The van der Waals surface area contributed by atoms with Gasteiger partial charge in [-0.3, -0.25) is 0 Å². The van der Waals surface area contributed by atoms with Crippen molar-refractivity contribution in [2.45, 2.75) is 19.4 Å². The van der Waals surface area contributed by atoms with E-state index in [4.69, 9.17) is 4.74 Å². The summed E-state index contributed by atoms with van der Waals surface area (Å²) in [5.41, 5.74) is 4.49. The van der Waals surface area contributed by atoms with Crippen LogP contribution in [0, 0.1) is 13.8 Å². The van der Waals surface area contributed by atoms with Crippen molar-refractivity contribution in [2.24, 2.45) is 0 Å². The van der Waals surface area contributed by atoms with Crippen LogP contribution in [0.1, 0.15) is 22.3 Å². The molecule has 1 aliphatic rings. The Balaban J connectivity index is 1.84. The summed E-state index contributed by atoms with van der Waals surface area (Å²) < 4.78 is 9.25. The predicted molar refractivity (Wildman–Crippen MR) is 109 cm³/mol.